The zero-order valence-electron chi connectivity index (χ0n) is 18.9. The standard InChI is InChI=1S/C24H35F3N2O3/c1-2-3-4-5-6-9-23(30)28-19(17-29-12-7-8-22(29)24(25,26)27)15-18-10-11-20-21(16-18)32-14-13-31-20/h10-11,16,19,22H,2-9,12-15,17H2,1H3,(H,28,30)/t19-,22-/m0/s1. The molecule has 2 heterocycles. The molecule has 5 nitrogen and oxygen atoms in total. The van der Waals surface area contributed by atoms with Gasteiger partial charge in [0.2, 0.25) is 5.91 Å². The van der Waals surface area contributed by atoms with E-state index in [0.717, 1.165) is 37.7 Å². The number of hydrogen-bond donors (Lipinski definition) is 1. The van der Waals surface area contributed by atoms with Crippen molar-refractivity contribution >= 4 is 5.91 Å². The number of carbonyl (C=O) groups excluding carboxylic acids is 1. The molecule has 8 heteroatoms. The first-order valence-electron chi connectivity index (χ1n) is 11.9. The van der Waals surface area contributed by atoms with E-state index >= 15 is 0 Å². The van der Waals surface area contributed by atoms with E-state index in [1.807, 2.05) is 18.2 Å². The van der Waals surface area contributed by atoms with Crippen LogP contribution in [0.3, 0.4) is 0 Å². The molecule has 1 aromatic rings. The topological polar surface area (TPSA) is 50.8 Å². The molecule has 1 fully saturated rings. The molecule has 2 atom stereocenters. The summed E-state index contributed by atoms with van der Waals surface area (Å²) in [6.07, 6.45) is 2.43. The second-order valence-corrected chi connectivity index (χ2v) is 8.81. The Hall–Kier alpha value is -1.96. The van der Waals surface area contributed by atoms with E-state index in [2.05, 4.69) is 12.2 Å². The number of amides is 1. The van der Waals surface area contributed by atoms with Crippen LogP contribution in [0, 0.1) is 0 Å². The minimum Gasteiger partial charge on any atom is -0.486 e. The first-order valence-corrected chi connectivity index (χ1v) is 11.9. The number of halogens is 3. The van der Waals surface area contributed by atoms with E-state index in [0.29, 0.717) is 50.5 Å². The van der Waals surface area contributed by atoms with Crippen LogP contribution < -0.4 is 14.8 Å². The molecule has 0 unspecified atom stereocenters. The third kappa shape index (κ3) is 7.29. The van der Waals surface area contributed by atoms with Crippen LogP contribution in [0.25, 0.3) is 0 Å². The quantitative estimate of drug-likeness (QED) is 0.483. The maximum absolute atomic E-state index is 13.4. The number of ether oxygens (including phenoxy) is 2. The van der Waals surface area contributed by atoms with Crippen molar-refractivity contribution in [1.29, 1.82) is 0 Å². The molecule has 1 saturated heterocycles. The molecule has 3 rings (SSSR count). The van der Waals surface area contributed by atoms with Crippen LogP contribution in [-0.4, -0.2) is 55.4 Å². The van der Waals surface area contributed by atoms with Gasteiger partial charge in [-0.3, -0.25) is 9.69 Å². The molecule has 0 spiro atoms. The minimum atomic E-state index is -4.25. The highest BCUT2D eigenvalue weighted by Gasteiger charge is 2.46. The third-order valence-electron chi connectivity index (χ3n) is 6.16. The van der Waals surface area contributed by atoms with Gasteiger partial charge in [0.1, 0.15) is 19.3 Å². The monoisotopic (exact) mass is 456 g/mol. The second kappa shape index (κ2) is 11.8. The van der Waals surface area contributed by atoms with Gasteiger partial charge >= 0.3 is 6.18 Å². The Morgan fingerprint density at radius 1 is 1.16 bits per heavy atom. The number of carbonyl (C=O) groups is 1. The largest absolute Gasteiger partial charge is 0.486 e. The number of rotatable bonds is 11. The highest BCUT2D eigenvalue weighted by atomic mass is 19.4. The van der Waals surface area contributed by atoms with Gasteiger partial charge in [-0.2, -0.15) is 13.2 Å². The number of benzene rings is 1. The van der Waals surface area contributed by atoms with Crippen LogP contribution in [0.5, 0.6) is 11.5 Å². The Balaban J connectivity index is 1.64. The molecule has 32 heavy (non-hydrogen) atoms. The van der Waals surface area contributed by atoms with Gasteiger partial charge in [-0.05, 0) is 49.9 Å². The van der Waals surface area contributed by atoms with Gasteiger partial charge < -0.3 is 14.8 Å². The number of hydrogen-bond acceptors (Lipinski definition) is 4. The molecule has 0 saturated carbocycles. The number of likely N-dealkylation sites (tertiary alicyclic amines) is 1. The Morgan fingerprint density at radius 2 is 1.91 bits per heavy atom. The van der Waals surface area contributed by atoms with Gasteiger partial charge in [0, 0.05) is 19.0 Å². The summed E-state index contributed by atoms with van der Waals surface area (Å²) in [5.74, 6) is 1.22. The summed E-state index contributed by atoms with van der Waals surface area (Å²) in [7, 11) is 0. The maximum Gasteiger partial charge on any atom is 0.404 e. The number of alkyl halides is 3. The molecule has 0 aromatic heterocycles. The molecule has 2 aliphatic rings. The van der Waals surface area contributed by atoms with Crippen molar-refractivity contribution in [3.05, 3.63) is 23.8 Å². The van der Waals surface area contributed by atoms with Crippen LogP contribution in [0.2, 0.25) is 0 Å². The van der Waals surface area contributed by atoms with Crippen LogP contribution >= 0.6 is 0 Å². The molecule has 1 aromatic carbocycles. The summed E-state index contributed by atoms with van der Waals surface area (Å²) >= 11 is 0. The third-order valence-corrected chi connectivity index (χ3v) is 6.16. The van der Waals surface area contributed by atoms with E-state index in [-0.39, 0.29) is 18.9 Å². The Morgan fingerprint density at radius 3 is 2.66 bits per heavy atom. The van der Waals surface area contributed by atoms with Gasteiger partial charge in [-0.25, -0.2) is 0 Å². The van der Waals surface area contributed by atoms with Crippen LogP contribution in [-0.2, 0) is 11.2 Å². The van der Waals surface area contributed by atoms with Gasteiger partial charge in [-0.1, -0.05) is 38.7 Å². The molecule has 0 radical (unpaired) electrons. The highest BCUT2D eigenvalue weighted by Crippen LogP contribution is 2.34. The van der Waals surface area contributed by atoms with Crippen molar-refractivity contribution < 1.29 is 27.4 Å². The lowest BCUT2D eigenvalue weighted by Crippen LogP contribution is -2.49. The van der Waals surface area contributed by atoms with Crippen LogP contribution in [0.4, 0.5) is 13.2 Å². The number of fused-ring (bicyclic) bond motifs is 1. The summed E-state index contributed by atoms with van der Waals surface area (Å²) in [4.78, 5) is 14.0. The summed E-state index contributed by atoms with van der Waals surface area (Å²) < 4.78 is 51.5. The van der Waals surface area contributed by atoms with Crippen molar-refractivity contribution in [2.75, 3.05) is 26.3 Å². The lowest BCUT2D eigenvalue weighted by molar-refractivity contribution is -0.176. The first kappa shape index (κ1) is 24.7. The Bertz CT molecular complexity index is 742. The summed E-state index contributed by atoms with van der Waals surface area (Å²) in [6, 6.07) is 3.75. The zero-order chi connectivity index (χ0) is 23.0. The second-order valence-electron chi connectivity index (χ2n) is 8.81. The summed E-state index contributed by atoms with van der Waals surface area (Å²) in [5, 5.41) is 3.02. The lowest BCUT2D eigenvalue weighted by atomic mass is 10.0. The van der Waals surface area contributed by atoms with Crippen molar-refractivity contribution in [3.63, 3.8) is 0 Å². The van der Waals surface area contributed by atoms with Crippen molar-refractivity contribution in [2.24, 2.45) is 0 Å². The number of nitrogens with one attached hydrogen (secondary N) is 1. The van der Waals surface area contributed by atoms with E-state index in [1.54, 1.807) is 0 Å². The minimum absolute atomic E-state index is 0.0909. The fraction of sp³-hybridized carbons (Fsp3) is 0.708. The molecule has 2 aliphatic heterocycles. The van der Waals surface area contributed by atoms with E-state index < -0.39 is 18.3 Å². The van der Waals surface area contributed by atoms with E-state index in [4.69, 9.17) is 9.47 Å². The molecule has 1 N–H and O–H groups in total. The fourth-order valence-electron chi connectivity index (χ4n) is 4.55. The predicted molar refractivity (Wildman–Crippen MR) is 117 cm³/mol. The predicted octanol–water partition coefficient (Wildman–Crippen LogP) is 4.87. The fourth-order valence-corrected chi connectivity index (χ4v) is 4.55. The van der Waals surface area contributed by atoms with Crippen LogP contribution in [0.15, 0.2) is 18.2 Å². The van der Waals surface area contributed by atoms with Gasteiger partial charge in [0.25, 0.3) is 0 Å². The average molecular weight is 457 g/mol. The molecule has 180 valence electrons. The van der Waals surface area contributed by atoms with E-state index in [9.17, 15) is 18.0 Å². The van der Waals surface area contributed by atoms with Crippen molar-refractivity contribution in [2.45, 2.75) is 83.0 Å². The van der Waals surface area contributed by atoms with Crippen LogP contribution in [0.1, 0.15) is 63.9 Å². The first-order chi connectivity index (χ1) is 15.4. The molecule has 0 aliphatic carbocycles. The smallest absolute Gasteiger partial charge is 0.404 e. The Labute approximate surface area is 188 Å². The van der Waals surface area contributed by atoms with Gasteiger partial charge in [0.05, 0.1) is 0 Å². The average Bonchev–Trinajstić information content (AvgIpc) is 3.22. The SMILES string of the molecule is CCCCCCCC(=O)N[C@@H](Cc1ccc2c(c1)OCCO2)CN1CCC[C@H]1C(F)(F)F. The Kier molecular flexibility index (Phi) is 9.08. The molecule has 0 bridgehead atoms. The molecular formula is C24H35F3N2O3. The summed E-state index contributed by atoms with van der Waals surface area (Å²) in [5.41, 5.74) is 0.908. The van der Waals surface area contributed by atoms with Crippen molar-refractivity contribution in [3.8, 4) is 11.5 Å². The lowest BCUT2D eigenvalue weighted by Gasteiger charge is -2.31. The molecular weight excluding hydrogens is 421 g/mol. The highest BCUT2D eigenvalue weighted by molar-refractivity contribution is 5.76. The van der Waals surface area contributed by atoms with Gasteiger partial charge in [0.15, 0.2) is 11.5 Å². The number of unbranched alkanes of at least 4 members (excludes halogenated alkanes) is 4. The summed E-state index contributed by atoms with van der Waals surface area (Å²) in [6.45, 7) is 3.68. The maximum atomic E-state index is 13.4. The number of nitrogens with zero attached hydrogens (tertiary/aromatic N) is 1. The van der Waals surface area contributed by atoms with Gasteiger partial charge in [-0.15, -0.1) is 0 Å². The normalized spacial score (nSPS) is 19.7. The molecule has 1 amide bonds. The van der Waals surface area contributed by atoms with E-state index in [1.165, 1.54) is 4.90 Å². The van der Waals surface area contributed by atoms with Crippen molar-refractivity contribution in [1.82, 2.24) is 10.2 Å². The zero-order valence-corrected chi connectivity index (χ0v) is 18.9.